The van der Waals surface area contributed by atoms with Crippen LogP contribution in [0.1, 0.15) is 89.7 Å². The summed E-state index contributed by atoms with van der Waals surface area (Å²) in [5, 5.41) is 4.13. The Morgan fingerprint density at radius 1 is 0.974 bits per heavy atom. The fourth-order valence-corrected chi connectivity index (χ4v) is 7.30. The first-order valence-corrected chi connectivity index (χ1v) is 16.7. The molecule has 0 spiro atoms. The monoisotopic (exact) mass is 548 g/mol. The smallest absolute Gasteiger partial charge is 0.222 e. The highest BCUT2D eigenvalue weighted by atomic mass is 32.2. The SMILES string of the molecule is CC1CCC(Cn2c(N3CCCCC3c3ccccc3)nc3nc([S@](C)=O)nc(N[C@H](C)C4CCC4)c32)CC1. The van der Waals surface area contributed by atoms with Crippen molar-refractivity contribution in [1.82, 2.24) is 19.5 Å². The highest BCUT2D eigenvalue weighted by Crippen LogP contribution is 2.40. The van der Waals surface area contributed by atoms with E-state index in [2.05, 4.69) is 59.0 Å². The van der Waals surface area contributed by atoms with E-state index in [1.54, 1.807) is 6.26 Å². The van der Waals surface area contributed by atoms with Crippen LogP contribution in [0.3, 0.4) is 0 Å². The number of fused-ring (bicyclic) bond motifs is 1. The number of hydrogen-bond acceptors (Lipinski definition) is 6. The molecule has 3 aromatic rings. The van der Waals surface area contributed by atoms with Crippen LogP contribution in [0, 0.1) is 17.8 Å². The molecule has 39 heavy (non-hydrogen) atoms. The Bertz CT molecular complexity index is 1300. The predicted octanol–water partition coefficient (Wildman–Crippen LogP) is 6.72. The molecule has 7 nitrogen and oxygen atoms in total. The summed E-state index contributed by atoms with van der Waals surface area (Å²) in [5.74, 6) is 3.90. The van der Waals surface area contributed by atoms with Crippen molar-refractivity contribution in [2.45, 2.75) is 102 Å². The Balaban J connectivity index is 1.47. The molecule has 2 aromatic heterocycles. The van der Waals surface area contributed by atoms with Crippen LogP contribution in [-0.4, -0.2) is 42.6 Å². The minimum absolute atomic E-state index is 0.292. The lowest BCUT2D eigenvalue weighted by Gasteiger charge is -2.38. The number of hydrogen-bond donors (Lipinski definition) is 1. The van der Waals surface area contributed by atoms with Crippen LogP contribution in [-0.2, 0) is 17.3 Å². The van der Waals surface area contributed by atoms with Crippen molar-refractivity contribution < 1.29 is 4.21 Å². The number of imidazole rings is 1. The molecule has 210 valence electrons. The first-order chi connectivity index (χ1) is 19.0. The molecule has 0 bridgehead atoms. The number of nitrogens with zero attached hydrogens (tertiary/aromatic N) is 5. The lowest BCUT2D eigenvalue weighted by Crippen LogP contribution is -2.36. The molecule has 3 fully saturated rings. The molecule has 0 amide bonds. The fourth-order valence-electron chi connectivity index (χ4n) is 6.86. The van der Waals surface area contributed by atoms with Crippen molar-refractivity contribution >= 4 is 33.7 Å². The van der Waals surface area contributed by atoms with Crippen molar-refractivity contribution in [3.8, 4) is 0 Å². The standard InChI is InChI=1S/C31H44N6OS/c1-21-15-17-23(18-16-21)20-37-27-28(32-22(2)24-12-9-13-24)33-30(39(3)38)34-29(27)35-31(37)36-19-8-7-14-26(36)25-10-5-4-6-11-25/h4-6,10-11,21-24,26H,7-9,12-20H2,1-3H3,(H,32,33,34)/t21?,22-,23?,26?,39+/m1/s1. The lowest BCUT2D eigenvalue weighted by molar-refractivity contribution is 0.266. The molecule has 1 unspecified atom stereocenters. The second kappa shape index (κ2) is 11.6. The molecule has 6 rings (SSSR count). The Kier molecular flexibility index (Phi) is 7.92. The third-order valence-electron chi connectivity index (χ3n) is 9.56. The largest absolute Gasteiger partial charge is 0.365 e. The second-order valence-electron chi connectivity index (χ2n) is 12.4. The van der Waals surface area contributed by atoms with Crippen molar-refractivity contribution in [3.63, 3.8) is 0 Å². The van der Waals surface area contributed by atoms with Gasteiger partial charge in [0.25, 0.3) is 0 Å². The molecule has 1 aromatic carbocycles. The maximum atomic E-state index is 12.6. The number of benzene rings is 1. The van der Waals surface area contributed by atoms with E-state index in [-0.39, 0.29) is 0 Å². The van der Waals surface area contributed by atoms with Crippen LogP contribution in [0.5, 0.6) is 0 Å². The van der Waals surface area contributed by atoms with Gasteiger partial charge in [-0.2, -0.15) is 9.97 Å². The van der Waals surface area contributed by atoms with E-state index >= 15 is 0 Å². The molecule has 3 heterocycles. The third kappa shape index (κ3) is 5.59. The molecule has 1 N–H and O–H groups in total. The molecule has 0 radical (unpaired) electrons. The van der Waals surface area contributed by atoms with Gasteiger partial charge in [0.15, 0.2) is 11.5 Å². The van der Waals surface area contributed by atoms with E-state index in [4.69, 9.17) is 15.0 Å². The quantitative estimate of drug-likeness (QED) is 0.315. The van der Waals surface area contributed by atoms with E-state index in [1.807, 2.05) is 0 Å². The van der Waals surface area contributed by atoms with Crippen molar-refractivity contribution in [2.75, 3.05) is 23.0 Å². The third-order valence-corrected chi connectivity index (χ3v) is 10.3. The number of anilines is 2. The van der Waals surface area contributed by atoms with Crippen LogP contribution in [0.15, 0.2) is 35.5 Å². The summed E-state index contributed by atoms with van der Waals surface area (Å²) >= 11 is 0. The molecule has 2 aliphatic carbocycles. The maximum Gasteiger partial charge on any atom is 0.222 e. The fraction of sp³-hybridized carbons (Fsp3) is 0.645. The summed E-state index contributed by atoms with van der Waals surface area (Å²) in [6, 6.07) is 11.5. The molecule has 3 atom stereocenters. The van der Waals surface area contributed by atoms with Gasteiger partial charge in [0.05, 0.1) is 16.8 Å². The topological polar surface area (TPSA) is 75.9 Å². The predicted molar refractivity (Wildman–Crippen MR) is 160 cm³/mol. The highest BCUT2D eigenvalue weighted by Gasteiger charge is 2.32. The molecule has 8 heteroatoms. The van der Waals surface area contributed by atoms with E-state index in [1.165, 1.54) is 56.9 Å². The zero-order valence-corrected chi connectivity index (χ0v) is 24.6. The van der Waals surface area contributed by atoms with Gasteiger partial charge in [-0.1, -0.05) is 56.5 Å². The second-order valence-corrected chi connectivity index (χ2v) is 13.6. The van der Waals surface area contributed by atoms with E-state index in [9.17, 15) is 4.21 Å². The minimum Gasteiger partial charge on any atom is -0.365 e. The van der Waals surface area contributed by atoms with E-state index in [0.717, 1.165) is 49.1 Å². The van der Waals surface area contributed by atoms with Crippen LogP contribution < -0.4 is 10.2 Å². The van der Waals surface area contributed by atoms with Crippen molar-refractivity contribution in [1.29, 1.82) is 0 Å². The Morgan fingerprint density at radius 3 is 2.44 bits per heavy atom. The number of piperidine rings is 1. The van der Waals surface area contributed by atoms with Crippen molar-refractivity contribution in [3.05, 3.63) is 35.9 Å². The van der Waals surface area contributed by atoms with Gasteiger partial charge in [0.2, 0.25) is 11.1 Å². The van der Waals surface area contributed by atoms with Crippen LogP contribution in [0.4, 0.5) is 11.8 Å². The maximum absolute atomic E-state index is 12.6. The number of nitrogens with one attached hydrogen (secondary N) is 1. The average molecular weight is 549 g/mol. The summed E-state index contributed by atoms with van der Waals surface area (Å²) in [6.07, 6.45) is 14.1. The molecule has 1 saturated heterocycles. The molecular weight excluding hydrogens is 504 g/mol. The first-order valence-electron chi connectivity index (χ1n) is 15.2. The van der Waals surface area contributed by atoms with E-state index < -0.39 is 10.8 Å². The number of aromatic nitrogens is 4. The normalized spacial score (nSPS) is 25.8. The van der Waals surface area contributed by atoms with Gasteiger partial charge < -0.3 is 14.8 Å². The summed E-state index contributed by atoms with van der Waals surface area (Å²) in [5.41, 5.74) is 3.01. The lowest BCUT2D eigenvalue weighted by atomic mass is 9.80. The van der Waals surface area contributed by atoms with Gasteiger partial charge >= 0.3 is 0 Å². The van der Waals surface area contributed by atoms with Crippen LogP contribution in [0.2, 0.25) is 0 Å². The van der Waals surface area contributed by atoms with E-state index in [0.29, 0.717) is 34.7 Å². The van der Waals surface area contributed by atoms with Gasteiger partial charge in [0, 0.05) is 25.4 Å². The van der Waals surface area contributed by atoms with Gasteiger partial charge in [-0.15, -0.1) is 0 Å². The summed E-state index contributed by atoms with van der Waals surface area (Å²) in [7, 11) is -1.28. The average Bonchev–Trinajstić information content (AvgIpc) is 3.27. The molecular formula is C31H44N6OS. The summed E-state index contributed by atoms with van der Waals surface area (Å²) in [4.78, 5) is 17.4. The Labute approximate surface area is 235 Å². The molecule has 3 aliphatic rings. The first kappa shape index (κ1) is 26.7. The van der Waals surface area contributed by atoms with Gasteiger partial charge in [-0.3, -0.25) is 4.21 Å². The summed E-state index contributed by atoms with van der Waals surface area (Å²) in [6.45, 7) is 6.56. The zero-order chi connectivity index (χ0) is 26.9. The van der Waals surface area contributed by atoms with Gasteiger partial charge in [0.1, 0.15) is 5.52 Å². The minimum atomic E-state index is -1.28. The van der Waals surface area contributed by atoms with Crippen LogP contribution >= 0.6 is 0 Å². The van der Waals surface area contributed by atoms with Crippen LogP contribution in [0.25, 0.3) is 11.2 Å². The van der Waals surface area contributed by atoms with Crippen molar-refractivity contribution in [2.24, 2.45) is 17.8 Å². The number of rotatable bonds is 8. The van der Waals surface area contributed by atoms with Gasteiger partial charge in [-0.25, -0.2) is 4.98 Å². The molecule has 2 saturated carbocycles. The zero-order valence-electron chi connectivity index (χ0n) is 23.8. The summed E-state index contributed by atoms with van der Waals surface area (Å²) < 4.78 is 15.1. The van der Waals surface area contributed by atoms with Gasteiger partial charge in [-0.05, 0) is 75.2 Å². The Hall–Kier alpha value is -2.48. The Morgan fingerprint density at radius 2 is 1.74 bits per heavy atom. The molecule has 1 aliphatic heterocycles. The highest BCUT2D eigenvalue weighted by molar-refractivity contribution is 7.84.